The van der Waals surface area contributed by atoms with Crippen molar-refractivity contribution < 1.29 is 19.8 Å². The van der Waals surface area contributed by atoms with Gasteiger partial charge in [0.25, 0.3) is 0 Å². The Balaban J connectivity index is 2.76. The maximum absolute atomic E-state index is 11.6. The Kier molecular flexibility index (Phi) is 5.32. The summed E-state index contributed by atoms with van der Waals surface area (Å²) in [6.07, 6.45) is -1.25. The minimum Gasteiger partial charge on any atom is -0.480 e. The van der Waals surface area contributed by atoms with Crippen LogP contribution in [0.1, 0.15) is 12.5 Å². The van der Waals surface area contributed by atoms with Gasteiger partial charge >= 0.3 is 12.0 Å². The summed E-state index contributed by atoms with van der Waals surface area (Å²) in [7, 11) is 0. The lowest BCUT2D eigenvalue weighted by atomic mass is 10.2. The Morgan fingerprint density at radius 2 is 2.10 bits per heavy atom. The van der Waals surface area contributed by atoms with E-state index in [2.05, 4.69) is 10.6 Å². The molecular formula is C12H12ClN3O4. The van der Waals surface area contributed by atoms with Crippen molar-refractivity contribution in [2.24, 2.45) is 0 Å². The minimum absolute atomic E-state index is 0.142. The summed E-state index contributed by atoms with van der Waals surface area (Å²) < 4.78 is 0. The number of halogens is 1. The summed E-state index contributed by atoms with van der Waals surface area (Å²) in [5, 5.41) is 31.3. The smallest absolute Gasteiger partial charge is 0.328 e. The molecule has 0 radical (unpaired) electrons. The zero-order chi connectivity index (χ0) is 15.3. The number of aliphatic hydroxyl groups excluding tert-OH is 1. The Morgan fingerprint density at radius 3 is 2.55 bits per heavy atom. The first-order chi connectivity index (χ1) is 9.35. The van der Waals surface area contributed by atoms with Crippen LogP contribution in [-0.2, 0) is 4.79 Å². The van der Waals surface area contributed by atoms with Crippen LogP contribution in [0.15, 0.2) is 18.2 Å². The first-order valence-corrected chi connectivity index (χ1v) is 5.91. The quantitative estimate of drug-likeness (QED) is 0.664. The van der Waals surface area contributed by atoms with Crippen LogP contribution in [0.25, 0.3) is 0 Å². The molecule has 0 fully saturated rings. The highest BCUT2D eigenvalue weighted by Gasteiger charge is 2.25. The number of amides is 2. The van der Waals surface area contributed by atoms with Gasteiger partial charge in [-0.1, -0.05) is 11.6 Å². The molecule has 1 aromatic rings. The summed E-state index contributed by atoms with van der Waals surface area (Å²) in [5.74, 6) is -1.36. The molecule has 0 heterocycles. The lowest BCUT2D eigenvalue weighted by Crippen LogP contribution is -2.49. The van der Waals surface area contributed by atoms with Gasteiger partial charge in [-0.25, -0.2) is 9.59 Å². The number of urea groups is 1. The molecule has 0 saturated heterocycles. The number of carbonyl (C=O) groups excluding carboxylic acids is 1. The molecule has 0 aliphatic carbocycles. The van der Waals surface area contributed by atoms with Crippen LogP contribution in [-0.4, -0.2) is 34.4 Å². The molecule has 0 aliphatic heterocycles. The largest absolute Gasteiger partial charge is 0.480 e. The summed E-state index contributed by atoms with van der Waals surface area (Å²) >= 11 is 5.85. The van der Waals surface area contributed by atoms with E-state index in [0.717, 1.165) is 0 Å². The molecule has 2 amide bonds. The number of hydrogen-bond donors (Lipinski definition) is 4. The fourth-order valence-electron chi connectivity index (χ4n) is 1.37. The molecule has 0 unspecified atom stereocenters. The third-order valence-corrected chi connectivity index (χ3v) is 2.69. The van der Waals surface area contributed by atoms with Crippen LogP contribution in [0.2, 0.25) is 5.02 Å². The number of hydrogen-bond acceptors (Lipinski definition) is 4. The monoisotopic (exact) mass is 297 g/mol. The van der Waals surface area contributed by atoms with E-state index in [1.807, 2.05) is 6.07 Å². The number of carboxylic acids is 1. The van der Waals surface area contributed by atoms with Crippen LogP contribution in [0, 0.1) is 11.3 Å². The third-order valence-electron chi connectivity index (χ3n) is 2.38. The van der Waals surface area contributed by atoms with Crippen molar-refractivity contribution in [2.45, 2.75) is 19.1 Å². The maximum atomic E-state index is 11.6. The van der Waals surface area contributed by atoms with Gasteiger partial charge < -0.3 is 20.8 Å². The van der Waals surface area contributed by atoms with E-state index in [-0.39, 0.29) is 10.7 Å². The average molecular weight is 298 g/mol. The highest BCUT2D eigenvalue weighted by atomic mass is 35.5. The van der Waals surface area contributed by atoms with E-state index in [1.54, 1.807) is 0 Å². The van der Waals surface area contributed by atoms with Gasteiger partial charge in [0.2, 0.25) is 0 Å². The van der Waals surface area contributed by atoms with E-state index in [4.69, 9.17) is 22.0 Å². The third kappa shape index (κ3) is 4.12. The molecular weight excluding hydrogens is 286 g/mol. The highest BCUT2D eigenvalue weighted by Crippen LogP contribution is 2.22. The molecule has 106 valence electrons. The molecule has 4 N–H and O–H groups in total. The van der Waals surface area contributed by atoms with E-state index >= 15 is 0 Å². The van der Waals surface area contributed by atoms with Gasteiger partial charge in [-0.05, 0) is 25.1 Å². The first kappa shape index (κ1) is 15.8. The van der Waals surface area contributed by atoms with Crippen molar-refractivity contribution in [3.8, 4) is 6.07 Å². The molecule has 0 bridgehead atoms. The number of rotatable bonds is 4. The molecule has 1 aromatic carbocycles. The zero-order valence-electron chi connectivity index (χ0n) is 10.4. The van der Waals surface area contributed by atoms with Crippen molar-refractivity contribution >= 4 is 29.3 Å². The summed E-state index contributed by atoms with van der Waals surface area (Å²) in [6, 6.07) is 3.85. The number of anilines is 1. The fraction of sp³-hybridized carbons (Fsp3) is 0.250. The van der Waals surface area contributed by atoms with E-state index < -0.39 is 24.1 Å². The van der Waals surface area contributed by atoms with Crippen molar-refractivity contribution in [2.75, 3.05) is 5.32 Å². The van der Waals surface area contributed by atoms with Crippen molar-refractivity contribution in [1.29, 1.82) is 5.26 Å². The molecule has 1 rings (SSSR count). The Hall–Kier alpha value is -2.30. The number of aliphatic hydroxyl groups is 1. The van der Waals surface area contributed by atoms with Gasteiger partial charge in [0, 0.05) is 0 Å². The number of nitrogens with one attached hydrogen (secondary N) is 2. The van der Waals surface area contributed by atoms with Crippen molar-refractivity contribution in [3.05, 3.63) is 28.8 Å². The van der Waals surface area contributed by atoms with E-state index in [0.29, 0.717) is 5.56 Å². The molecule has 2 atom stereocenters. The van der Waals surface area contributed by atoms with Crippen molar-refractivity contribution in [1.82, 2.24) is 5.32 Å². The number of nitrogens with zero attached hydrogens (tertiary/aromatic N) is 1. The minimum atomic E-state index is -1.44. The number of carboxylic acid groups (broad SMARTS) is 1. The van der Waals surface area contributed by atoms with Gasteiger partial charge in [-0.15, -0.1) is 0 Å². The molecule has 0 aromatic heterocycles. The van der Waals surface area contributed by atoms with Gasteiger partial charge in [0.05, 0.1) is 28.4 Å². The Morgan fingerprint density at radius 1 is 1.45 bits per heavy atom. The molecule has 0 aliphatic rings. The second kappa shape index (κ2) is 6.75. The molecule has 8 heteroatoms. The van der Waals surface area contributed by atoms with Crippen LogP contribution >= 0.6 is 11.6 Å². The van der Waals surface area contributed by atoms with Crippen LogP contribution in [0.3, 0.4) is 0 Å². The van der Waals surface area contributed by atoms with Crippen LogP contribution < -0.4 is 10.6 Å². The Bertz CT molecular complexity index is 568. The second-order valence-corrected chi connectivity index (χ2v) is 4.37. The predicted molar refractivity (Wildman–Crippen MR) is 71.4 cm³/mol. The van der Waals surface area contributed by atoms with Gasteiger partial charge in [-0.2, -0.15) is 5.26 Å². The topological polar surface area (TPSA) is 122 Å². The van der Waals surface area contributed by atoms with Gasteiger partial charge in [0.1, 0.15) is 0 Å². The van der Waals surface area contributed by atoms with E-state index in [9.17, 15) is 14.7 Å². The number of nitriles is 1. The summed E-state index contributed by atoms with van der Waals surface area (Å²) in [6.45, 7) is 1.24. The standard InChI is InChI=1S/C12H12ClN3O4/c1-6(17)10(11(18)19)16-12(20)15-9-3-2-7(5-14)4-8(9)13/h2-4,6,10,17H,1H3,(H,18,19)(H2,15,16,20)/t6-,10+/m1/s1. The summed E-state index contributed by atoms with van der Waals surface area (Å²) in [5.41, 5.74) is 0.547. The van der Waals surface area contributed by atoms with Crippen molar-refractivity contribution in [3.63, 3.8) is 0 Å². The van der Waals surface area contributed by atoms with Gasteiger partial charge in [-0.3, -0.25) is 0 Å². The average Bonchev–Trinajstić information content (AvgIpc) is 2.37. The zero-order valence-corrected chi connectivity index (χ0v) is 11.2. The second-order valence-electron chi connectivity index (χ2n) is 3.96. The van der Waals surface area contributed by atoms with E-state index in [1.165, 1.54) is 25.1 Å². The SMILES string of the molecule is C[C@@H](O)[C@H](NC(=O)Nc1ccc(C#N)cc1Cl)C(=O)O. The summed E-state index contributed by atoms with van der Waals surface area (Å²) in [4.78, 5) is 22.4. The molecule has 0 spiro atoms. The number of aliphatic carboxylic acids is 1. The molecule has 20 heavy (non-hydrogen) atoms. The highest BCUT2D eigenvalue weighted by molar-refractivity contribution is 6.33. The number of benzene rings is 1. The lowest BCUT2D eigenvalue weighted by molar-refractivity contribution is -0.141. The van der Waals surface area contributed by atoms with Crippen LogP contribution in [0.4, 0.5) is 10.5 Å². The predicted octanol–water partition coefficient (Wildman–Crippen LogP) is 1.17. The molecule has 7 nitrogen and oxygen atoms in total. The molecule has 0 saturated carbocycles. The Labute approximate surface area is 119 Å². The fourth-order valence-corrected chi connectivity index (χ4v) is 1.60. The number of carbonyl (C=O) groups is 2. The van der Waals surface area contributed by atoms with Crippen LogP contribution in [0.5, 0.6) is 0 Å². The maximum Gasteiger partial charge on any atom is 0.328 e. The normalized spacial score (nSPS) is 12.9. The first-order valence-electron chi connectivity index (χ1n) is 5.53. The van der Waals surface area contributed by atoms with Gasteiger partial charge in [0.15, 0.2) is 6.04 Å². The lowest BCUT2D eigenvalue weighted by Gasteiger charge is -2.17.